The van der Waals surface area contributed by atoms with Crippen molar-refractivity contribution in [2.75, 3.05) is 13.1 Å². The van der Waals surface area contributed by atoms with Gasteiger partial charge in [0.05, 0.1) is 21.8 Å². The van der Waals surface area contributed by atoms with Crippen LogP contribution in [0.3, 0.4) is 0 Å². The van der Waals surface area contributed by atoms with Crippen molar-refractivity contribution in [2.24, 2.45) is 11.8 Å². The molecule has 2 aliphatic carbocycles. The molecular formula is C54H56N6O4S2. The summed E-state index contributed by atoms with van der Waals surface area (Å²) in [6.45, 7) is 1.27. The van der Waals surface area contributed by atoms with Gasteiger partial charge in [0.25, 0.3) is 0 Å². The maximum atomic E-state index is 14.3. The summed E-state index contributed by atoms with van der Waals surface area (Å²) in [6, 6.07) is 34.7. The van der Waals surface area contributed by atoms with E-state index in [1.807, 2.05) is 82.9 Å². The second kappa shape index (κ2) is 19.9. The van der Waals surface area contributed by atoms with Gasteiger partial charge in [0.1, 0.15) is 22.1 Å². The van der Waals surface area contributed by atoms with Gasteiger partial charge in [-0.1, -0.05) is 135 Å². The summed E-state index contributed by atoms with van der Waals surface area (Å²) in [4.78, 5) is 70.9. The third-order valence-corrected chi connectivity index (χ3v) is 16.4. The van der Waals surface area contributed by atoms with Crippen LogP contribution in [0.4, 0.5) is 0 Å². The smallest absolute Gasteiger partial charge is 0.250 e. The van der Waals surface area contributed by atoms with Crippen molar-refractivity contribution in [1.82, 2.24) is 30.4 Å². The van der Waals surface area contributed by atoms with E-state index in [1.165, 1.54) is 0 Å². The van der Waals surface area contributed by atoms with E-state index in [2.05, 4.69) is 59.2 Å². The van der Waals surface area contributed by atoms with E-state index in [1.54, 1.807) is 22.7 Å². The molecule has 2 saturated carbocycles. The van der Waals surface area contributed by atoms with Gasteiger partial charge in [-0.05, 0) is 84.7 Å². The number of hydrogen-bond acceptors (Lipinski definition) is 8. The minimum absolute atomic E-state index is 0.0200. The van der Waals surface area contributed by atoms with Gasteiger partial charge in [0, 0.05) is 37.3 Å². The van der Waals surface area contributed by atoms with Crippen LogP contribution in [0, 0.1) is 11.8 Å². The molecule has 6 aromatic rings. The molecule has 10 rings (SSSR count). The molecule has 4 heterocycles. The lowest BCUT2D eigenvalue weighted by Gasteiger charge is -2.29. The summed E-state index contributed by atoms with van der Waals surface area (Å²) in [6.07, 6.45) is 15.0. The van der Waals surface area contributed by atoms with Crippen LogP contribution in [0.2, 0.25) is 0 Å². The Labute approximate surface area is 394 Å². The summed E-state index contributed by atoms with van der Waals surface area (Å²) in [5.74, 6) is -0.233. The molecule has 4 fully saturated rings. The number of hydrogen-bond donors (Lipinski definition) is 2. The van der Waals surface area contributed by atoms with Gasteiger partial charge in [-0.25, -0.2) is 9.97 Å². The minimum atomic E-state index is -0.720. The fourth-order valence-electron chi connectivity index (χ4n) is 10.5. The van der Waals surface area contributed by atoms with Crippen molar-refractivity contribution in [3.63, 3.8) is 0 Å². The molecule has 4 amide bonds. The highest BCUT2D eigenvalue weighted by molar-refractivity contribution is 7.15. The zero-order chi connectivity index (χ0) is 45.0. The Morgan fingerprint density at radius 1 is 0.470 bits per heavy atom. The molecule has 12 heteroatoms. The van der Waals surface area contributed by atoms with Crippen LogP contribution >= 0.6 is 22.7 Å². The molecule has 2 saturated heterocycles. The van der Waals surface area contributed by atoms with E-state index in [0.29, 0.717) is 13.1 Å². The Kier molecular flexibility index (Phi) is 13.2. The van der Waals surface area contributed by atoms with Gasteiger partial charge in [0.15, 0.2) is 0 Å². The number of carbonyl (C=O) groups excluding carboxylic acids is 4. The van der Waals surface area contributed by atoms with E-state index in [9.17, 15) is 19.2 Å². The first-order valence-corrected chi connectivity index (χ1v) is 25.5. The molecule has 0 unspecified atom stereocenters. The lowest BCUT2D eigenvalue weighted by molar-refractivity contribution is -0.138. The summed E-state index contributed by atoms with van der Waals surface area (Å²) >= 11 is 3.26. The van der Waals surface area contributed by atoms with Crippen molar-refractivity contribution in [1.29, 1.82) is 0 Å². The maximum absolute atomic E-state index is 14.3. The second-order valence-electron chi connectivity index (χ2n) is 18.3. The number of aromatic nitrogens is 2. The van der Waals surface area contributed by atoms with E-state index < -0.39 is 12.1 Å². The first kappa shape index (κ1) is 43.9. The molecule has 2 N–H and O–H groups in total. The summed E-state index contributed by atoms with van der Waals surface area (Å²) in [5, 5.41) is 8.13. The lowest BCUT2D eigenvalue weighted by atomic mass is 10.0. The molecule has 2 aromatic heterocycles. The second-order valence-corrected chi connectivity index (χ2v) is 20.5. The molecule has 4 aliphatic rings. The van der Waals surface area contributed by atoms with Crippen molar-refractivity contribution in [2.45, 2.75) is 101 Å². The van der Waals surface area contributed by atoms with Crippen molar-refractivity contribution in [3.05, 3.63) is 143 Å². The Morgan fingerprint density at radius 3 is 1.21 bits per heavy atom. The number of rotatable bonds is 13. The number of nitrogens with zero attached hydrogens (tertiary/aromatic N) is 4. The highest BCUT2D eigenvalue weighted by atomic mass is 32.1. The normalized spacial score (nSPS) is 19.8. The molecule has 66 heavy (non-hydrogen) atoms. The predicted octanol–water partition coefficient (Wildman–Crippen LogP) is 11.0. The quantitative estimate of drug-likeness (QED) is 0.119. The number of thiazole rings is 2. The minimum Gasteiger partial charge on any atom is -0.340 e. The average molecular weight is 917 g/mol. The van der Waals surface area contributed by atoms with Crippen LogP contribution in [-0.4, -0.2) is 56.5 Å². The van der Waals surface area contributed by atoms with Gasteiger partial charge < -0.3 is 20.4 Å². The Bertz CT molecular complexity index is 2450. The topological polar surface area (TPSA) is 125 Å². The number of benzene rings is 4. The van der Waals surface area contributed by atoms with E-state index >= 15 is 0 Å². The zero-order valence-corrected chi connectivity index (χ0v) is 38.8. The molecule has 338 valence electrons. The van der Waals surface area contributed by atoms with Crippen LogP contribution < -0.4 is 10.6 Å². The monoisotopic (exact) mass is 916 g/mol. The largest absolute Gasteiger partial charge is 0.340 e. The highest BCUT2D eigenvalue weighted by Crippen LogP contribution is 2.41. The van der Waals surface area contributed by atoms with Gasteiger partial charge in [0.2, 0.25) is 23.6 Å². The molecule has 0 bridgehead atoms. The van der Waals surface area contributed by atoms with Crippen LogP contribution in [0.1, 0.15) is 122 Å². The Balaban J connectivity index is 0.793. The average Bonchev–Trinajstić information content (AvgIpc) is 4.22. The lowest BCUT2D eigenvalue weighted by Crippen LogP contribution is -2.44. The Hall–Kier alpha value is -5.98. The molecule has 4 atom stereocenters. The Morgan fingerprint density at radius 2 is 0.833 bits per heavy atom. The highest BCUT2D eigenvalue weighted by Gasteiger charge is 2.40. The van der Waals surface area contributed by atoms with E-state index in [-0.39, 0.29) is 47.5 Å². The van der Waals surface area contributed by atoms with E-state index in [0.717, 1.165) is 130 Å². The van der Waals surface area contributed by atoms with Gasteiger partial charge in [-0.3, -0.25) is 19.2 Å². The fourth-order valence-corrected chi connectivity index (χ4v) is 12.6. The fraction of sp³-hybridized carbons (Fsp3) is 0.370. The summed E-state index contributed by atoms with van der Waals surface area (Å²) < 4.78 is 0. The summed E-state index contributed by atoms with van der Waals surface area (Å²) in [5.41, 5.74) is 5.97. The first-order valence-electron chi connectivity index (χ1n) is 23.8. The van der Waals surface area contributed by atoms with E-state index in [4.69, 9.17) is 9.97 Å². The van der Waals surface area contributed by atoms with Crippen molar-refractivity contribution >= 4 is 46.3 Å². The van der Waals surface area contributed by atoms with Crippen LogP contribution in [0.25, 0.3) is 32.0 Å². The van der Waals surface area contributed by atoms with Crippen LogP contribution in [0.5, 0.6) is 0 Å². The molecule has 0 radical (unpaired) electrons. The van der Waals surface area contributed by atoms with Gasteiger partial charge in [-0.15, -0.1) is 22.7 Å². The third kappa shape index (κ3) is 9.35. The third-order valence-electron chi connectivity index (χ3n) is 14.1. The first-order chi connectivity index (χ1) is 32.4. The molecule has 2 aliphatic heterocycles. The number of carbonyl (C=O) groups is 4. The van der Waals surface area contributed by atoms with Crippen LogP contribution in [-0.2, 0) is 19.2 Å². The number of amides is 4. The number of likely N-dealkylation sites (tertiary alicyclic amines) is 2. The molecular weight excluding hydrogens is 861 g/mol. The SMILES string of the molecule is O=C(N[C@H](C(=O)N1CCC[C@H]1c1ncc(-c2ccc(-c3ccc(-c4cnc([C@@H]5CCCN5C(=O)[C@H](NC(=O)C5CCCC5)c5ccccc5)s4)cc3)cc2)s1)c1ccccc1)C1CCCC1. The zero-order valence-electron chi connectivity index (χ0n) is 37.1. The summed E-state index contributed by atoms with van der Waals surface area (Å²) in [7, 11) is 0. The predicted molar refractivity (Wildman–Crippen MR) is 260 cm³/mol. The van der Waals surface area contributed by atoms with Crippen LogP contribution in [0.15, 0.2) is 122 Å². The molecule has 0 spiro atoms. The van der Waals surface area contributed by atoms with Gasteiger partial charge in [-0.2, -0.15) is 0 Å². The van der Waals surface area contributed by atoms with Crippen molar-refractivity contribution < 1.29 is 19.2 Å². The molecule has 10 nitrogen and oxygen atoms in total. The van der Waals surface area contributed by atoms with Crippen molar-refractivity contribution in [3.8, 4) is 32.0 Å². The maximum Gasteiger partial charge on any atom is 0.250 e. The molecule has 4 aromatic carbocycles. The number of nitrogens with one attached hydrogen (secondary N) is 2. The van der Waals surface area contributed by atoms with Gasteiger partial charge >= 0.3 is 0 Å². The standard InChI is InChI=1S/C54H56N6O4S2/c61-49(41-17-7-8-18-41)57-47(39-13-3-1-4-14-39)53(63)59-31-11-21-43(59)51-55-33-45(65-51)37-27-23-35(24-28-37)36-25-29-38(30-26-36)46-34-56-52(66-46)44-22-12-32-60(44)54(64)48(40-15-5-2-6-16-40)58-50(62)42-19-9-10-20-42/h1-6,13-16,23-30,33-34,41-44,47-48H,7-12,17-22,31-32H2,(H,57,61)(H,58,62)/t43-,44-,47-,48+/m0/s1.